The number of nitrogens with two attached hydrogens (primary N) is 1. The van der Waals surface area contributed by atoms with Crippen LogP contribution < -0.4 is 15.8 Å². The molecule has 2 unspecified atom stereocenters. The molecule has 5 nitrogen and oxygen atoms in total. The molecule has 1 saturated carbocycles. The van der Waals surface area contributed by atoms with Gasteiger partial charge in [-0.05, 0) is 45.1 Å². The predicted octanol–water partition coefficient (Wildman–Crippen LogP) is 1.97. The van der Waals surface area contributed by atoms with E-state index >= 15 is 0 Å². The highest BCUT2D eigenvalue weighted by Gasteiger charge is 2.25. The van der Waals surface area contributed by atoms with E-state index in [4.69, 9.17) is 10.5 Å². The topological polar surface area (TPSA) is 73.1 Å². The van der Waals surface area contributed by atoms with Crippen molar-refractivity contribution in [1.82, 2.24) is 9.97 Å². The highest BCUT2D eigenvalue weighted by molar-refractivity contribution is 5.38. The Morgan fingerprint density at radius 3 is 2.89 bits per heavy atom. The van der Waals surface area contributed by atoms with E-state index in [2.05, 4.69) is 15.3 Å². The molecule has 1 aromatic rings. The number of nitrogens with zero attached hydrogens (tertiary/aromatic N) is 2. The van der Waals surface area contributed by atoms with E-state index in [9.17, 15) is 0 Å². The van der Waals surface area contributed by atoms with Crippen molar-refractivity contribution in [3.63, 3.8) is 0 Å². The first-order valence-electron chi connectivity index (χ1n) is 7.15. The largest absolute Gasteiger partial charge is 0.478 e. The molecule has 0 radical (unpaired) electrons. The first-order chi connectivity index (χ1) is 9.22. The molecule has 2 atom stereocenters. The predicted molar refractivity (Wildman–Crippen MR) is 76.3 cm³/mol. The number of hydrogen-bond acceptors (Lipinski definition) is 5. The van der Waals surface area contributed by atoms with Crippen molar-refractivity contribution in [2.75, 3.05) is 25.0 Å². The van der Waals surface area contributed by atoms with Crippen molar-refractivity contribution in [2.24, 2.45) is 17.6 Å². The van der Waals surface area contributed by atoms with E-state index < -0.39 is 0 Å². The molecule has 0 aliphatic heterocycles. The molecule has 0 amide bonds. The highest BCUT2D eigenvalue weighted by Crippen LogP contribution is 2.31. The van der Waals surface area contributed by atoms with Crippen LogP contribution in [0.25, 0.3) is 0 Å². The fourth-order valence-corrected chi connectivity index (χ4v) is 2.78. The van der Waals surface area contributed by atoms with Gasteiger partial charge in [-0.3, -0.25) is 0 Å². The summed E-state index contributed by atoms with van der Waals surface area (Å²) in [7, 11) is 0. The molecule has 2 rings (SSSR count). The summed E-state index contributed by atoms with van der Waals surface area (Å²) in [6.07, 6.45) is 3.81. The Labute approximate surface area is 115 Å². The number of nitrogens with one attached hydrogen (secondary N) is 1. The van der Waals surface area contributed by atoms with Gasteiger partial charge in [-0.25, -0.2) is 4.98 Å². The fourth-order valence-electron chi connectivity index (χ4n) is 2.78. The van der Waals surface area contributed by atoms with Crippen molar-refractivity contribution >= 4 is 5.82 Å². The van der Waals surface area contributed by atoms with Crippen LogP contribution in [0.3, 0.4) is 0 Å². The van der Waals surface area contributed by atoms with Crippen molar-refractivity contribution in [3.05, 3.63) is 11.9 Å². The maximum Gasteiger partial charge on any atom is 0.218 e. The van der Waals surface area contributed by atoms with Gasteiger partial charge >= 0.3 is 0 Å². The maximum absolute atomic E-state index is 5.81. The lowest BCUT2D eigenvalue weighted by atomic mass is 9.96. The van der Waals surface area contributed by atoms with Gasteiger partial charge in [-0.15, -0.1) is 0 Å². The fraction of sp³-hybridized carbons (Fsp3) is 0.714. The third-order valence-corrected chi connectivity index (χ3v) is 3.77. The molecule has 1 heterocycles. The zero-order valence-corrected chi connectivity index (χ0v) is 11.9. The normalized spacial score (nSPS) is 22.5. The van der Waals surface area contributed by atoms with Crippen molar-refractivity contribution in [2.45, 2.75) is 33.1 Å². The van der Waals surface area contributed by atoms with E-state index in [0.717, 1.165) is 24.7 Å². The van der Waals surface area contributed by atoms with Crippen LogP contribution in [0, 0.1) is 18.8 Å². The van der Waals surface area contributed by atoms with Crippen molar-refractivity contribution in [3.8, 4) is 5.88 Å². The lowest BCUT2D eigenvalue weighted by Gasteiger charge is -2.18. The molecule has 3 N–H and O–H groups in total. The van der Waals surface area contributed by atoms with E-state index in [1.165, 1.54) is 19.3 Å². The van der Waals surface area contributed by atoms with Gasteiger partial charge in [0.1, 0.15) is 11.6 Å². The second-order valence-electron chi connectivity index (χ2n) is 5.14. The summed E-state index contributed by atoms with van der Waals surface area (Å²) in [6.45, 7) is 6.18. The van der Waals surface area contributed by atoms with Crippen molar-refractivity contribution < 1.29 is 4.74 Å². The van der Waals surface area contributed by atoms with Crippen LogP contribution in [0.15, 0.2) is 6.07 Å². The lowest BCUT2D eigenvalue weighted by Crippen LogP contribution is -2.24. The molecular weight excluding hydrogens is 240 g/mol. The van der Waals surface area contributed by atoms with E-state index in [-0.39, 0.29) is 0 Å². The van der Waals surface area contributed by atoms with Gasteiger partial charge in [0.25, 0.3) is 0 Å². The minimum Gasteiger partial charge on any atom is -0.478 e. The zero-order valence-electron chi connectivity index (χ0n) is 11.9. The first kappa shape index (κ1) is 14.1. The first-order valence-corrected chi connectivity index (χ1v) is 7.15. The monoisotopic (exact) mass is 264 g/mol. The SMILES string of the molecule is CCOc1cc(NCC2CCCC2CN)nc(C)n1. The van der Waals surface area contributed by atoms with Crippen LogP contribution in [-0.2, 0) is 0 Å². The molecule has 1 fully saturated rings. The number of aryl methyl sites for hydroxylation is 1. The van der Waals surface area contributed by atoms with Crippen LogP contribution in [0.5, 0.6) is 5.88 Å². The van der Waals surface area contributed by atoms with Gasteiger partial charge in [0, 0.05) is 12.6 Å². The number of ether oxygens (including phenoxy) is 1. The molecule has 0 aromatic carbocycles. The van der Waals surface area contributed by atoms with E-state index in [0.29, 0.717) is 24.3 Å². The molecule has 1 aliphatic rings. The maximum atomic E-state index is 5.81. The average molecular weight is 264 g/mol. The summed E-state index contributed by atoms with van der Waals surface area (Å²) >= 11 is 0. The van der Waals surface area contributed by atoms with Crippen molar-refractivity contribution in [1.29, 1.82) is 0 Å². The Hall–Kier alpha value is -1.36. The van der Waals surface area contributed by atoms with Gasteiger partial charge in [0.05, 0.1) is 6.61 Å². The Bertz CT molecular complexity index is 410. The standard InChI is InChI=1S/C14H24N4O/c1-3-19-14-7-13(17-10(2)18-14)16-9-12-6-4-5-11(12)8-15/h7,11-12H,3-6,8-9,15H2,1-2H3,(H,16,17,18). The highest BCUT2D eigenvalue weighted by atomic mass is 16.5. The van der Waals surface area contributed by atoms with Crippen LogP contribution >= 0.6 is 0 Å². The number of hydrogen-bond donors (Lipinski definition) is 2. The third-order valence-electron chi connectivity index (χ3n) is 3.77. The van der Waals surface area contributed by atoms with Crippen LogP contribution in [-0.4, -0.2) is 29.7 Å². The molecule has 1 aliphatic carbocycles. The molecule has 0 bridgehead atoms. The van der Waals surface area contributed by atoms with Crippen LogP contribution in [0.4, 0.5) is 5.82 Å². The van der Waals surface area contributed by atoms with Crippen LogP contribution in [0.1, 0.15) is 32.0 Å². The Morgan fingerprint density at radius 1 is 1.37 bits per heavy atom. The number of anilines is 1. The van der Waals surface area contributed by atoms with E-state index in [1.54, 1.807) is 0 Å². The minimum absolute atomic E-state index is 0.619. The second-order valence-corrected chi connectivity index (χ2v) is 5.14. The molecule has 0 saturated heterocycles. The molecule has 1 aromatic heterocycles. The molecular formula is C14H24N4O. The second kappa shape index (κ2) is 6.70. The number of rotatable bonds is 6. The van der Waals surface area contributed by atoms with E-state index in [1.807, 2.05) is 19.9 Å². The molecule has 19 heavy (non-hydrogen) atoms. The summed E-state index contributed by atoms with van der Waals surface area (Å²) in [4.78, 5) is 8.64. The molecule has 5 heteroatoms. The Kier molecular flexibility index (Phi) is 4.96. The summed E-state index contributed by atoms with van der Waals surface area (Å²) in [6, 6.07) is 1.86. The van der Waals surface area contributed by atoms with Crippen LogP contribution in [0.2, 0.25) is 0 Å². The summed E-state index contributed by atoms with van der Waals surface area (Å²) in [5, 5.41) is 3.40. The number of aromatic nitrogens is 2. The Morgan fingerprint density at radius 2 is 2.16 bits per heavy atom. The minimum atomic E-state index is 0.619. The summed E-state index contributed by atoms with van der Waals surface area (Å²) in [5.74, 6) is 3.53. The Balaban J connectivity index is 1.95. The smallest absolute Gasteiger partial charge is 0.218 e. The van der Waals surface area contributed by atoms with Gasteiger partial charge in [0.15, 0.2) is 0 Å². The molecule has 106 valence electrons. The summed E-state index contributed by atoms with van der Waals surface area (Å²) in [5.41, 5.74) is 5.81. The van der Waals surface area contributed by atoms with Gasteiger partial charge in [-0.2, -0.15) is 4.98 Å². The quantitative estimate of drug-likeness (QED) is 0.822. The van der Waals surface area contributed by atoms with Gasteiger partial charge in [-0.1, -0.05) is 6.42 Å². The van der Waals surface area contributed by atoms with Gasteiger partial charge in [0.2, 0.25) is 5.88 Å². The third kappa shape index (κ3) is 3.80. The molecule has 0 spiro atoms. The summed E-state index contributed by atoms with van der Waals surface area (Å²) < 4.78 is 5.43. The lowest BCUT2D eigenvalue weighted by molar-refractivity contribution is 0.325. The average Bonchev–Trinajstić information content (AvgIpc) is 2.83. The zero-order chi connectivity index (χ0) is 13.7. The van der Waals surface area contributed by atoms with Gasteiger partial charge < -0.3 is 15.8 Å².